The molecule has 4 rings (SSSR count). The first kappa shape index (κ1) is 13.8. The molecule has 0 bridgehead atoms. The molecule has 23 heavy (non-hydrogen) atoms. The van der Waals surface area contributed by atoms with Gasteiger partial charge in [-0.3, -0.25) is 0 Å². The molecule has 1 aliphatic heterocycles. The van der Waals surface area contributed by atoms with Gasteiger partial charge in [-0.1, -0.05) is 18.2 Å². The molecule has 0 saturated heterocycles. The molecule has 5 heteroatoms. The number of fused-ring (bicyclic) bond motifs is 1. The van der Waals surface area contributed by atoms with Gasteiger partial charge in [-0.15, -0.1) is 0 Å². The second-order valence-electron chi connectivity index (χ2n) is 5.75. The fraction of sp³-hybridized carbons (Fsp3) is 0.222. The van der Waals surface area contributed by atoms with Gasteiger partial charge in [0.25, 0.3) is 0 Å². The van der Waals surface area contributed by atoms with Crippen LogP contribution in [0.15, 0.2) is 59.5 Å². The zero-order valence-corrected chi connectivity index (χ0v) is 12.9. The van der Waals surface area contributed by atoms with Crippen LogP contribution in [0.5, 0.6) is 0 Å². The standard InChI is InChI=1S/C18H18N4O/c1-13-9-14-5-2-3-7-16(14)22(13)18-10-17(20-12-21-18)19-11-15-6-4-8-23-15/h2-8,10,12-13H,9,11H2,1H3,(H,19,20,21). The summed E-state index contributed by atoms with van der Waals surface area (Å²) < 4.78 is 5.33. The number of hydrogen-bond donors (Lipinski definition) is 1. The maximum absolute atomic E-state index is 5.33. The molecule has 116 valence electrons. The minimum Gasteiger partial charge on any atom is -0.467 e. The molecule has 3 aromatic rings. The average molecular weight is 306 g/mol. The van der Waals surface area contributed by atoms with Crippen LogP contribution in [0.4, 0.5) is 17.3 Å². The number of anilines is 3. The van der Waals surface area contributed by atoms with E-state index in [0.717, 1.165) is 23.8 Å². The summed E-state index contributed by atoms with van der Waals surface area (Å²) in [6, 6.07) is 14.7. The molecular formula is C18H18N4O. The molecule has 0 saturated carbocycles. The third-order valence-corrected chi connectivity index (χ3v) is 4.13. The monoisotopic (exact) mass is 306 g/mol. The van der Waals surface area contributed by atoms with E-state index in [4.69, 9.17) is 4.42 Å². The Morgan fingerprint density at radius 3 is 3.00 bits per heavy atom. The number of para-hydroxylation sites is 1. The van der Waals surface area contributed by atoms with Gasteiger partial charge in [-0.25, -0.2) is 9.97 Å². The maximum Gasteiger partial charge on any atom is 0.138 e. The molecule has 0 aliphatic carbocycles. The van der Waals surface area contributed by atoms with Crippen molar-refractivity contribution in [1.82, 2.24) is 9.97 Å². The number of rotatable bonds is 4. The highest BCUT2D eigenvalue weighted by molar-refractivity contribution is 5.69. The molecule has 0 fully saturated rings. The van der Waals surface area contributed by atoms with Crippen molar-refractivity contribution in [1.29, 1.82) is 0 Å². The molecule has 0 radical (unpaired) electrons. The highest BCUT2D eigenvalue weighted by atomic mass is 16.3. The Morgan fingerprint density at radius 2 is 2.13 bits per heavy atom. The summed E-state index contributed by atoms with van der Waals surface area (Å²) in [6.45, 7) is 2.83. The van der Waals surface area contributed by atoms with Crippen LogP contribution in [-0.4, -0.2) is 16.0 Å². The van der Waals surface area contributed by atoms with E-state index < -0.39 is 0 Å². The molecule has 0 spiro atoms. The molecule has 1 N–H and O–H groups in total. The number of nitrogens with zero attached hydrogens (tertiary/aromatic N) is 3. The van der Waals surface area contributed by atoms with Crippen LogP contribution in [0.1, 0.15) is 18.2 Å². The van der Waals surface area contributed by atoms with Gasteiger partial charge in [0, 0.05) is 17.8 Å². The van der Waals surface area contributed by atoms with Crippen LogP contribution in [-0.2, 0) is 13.0 Å². The summed E-state index contributed by atoms with van der Waals surface area (Å²) in [5, 5.41) is 3.28. The lowest BCUT2D eigenvalue weighted by Crippen LogP contribution is -2.25. The van der Waals surface area contributed by atoms with Gasteiger partial charge in [0.05, 0.1) is 12.8 Å². The van der Waals surface area contributed by atoms with Crippen molar-refractivity contribution >= 4 is 17.3 Å². The van der Waals surface area contributed by atoms with Gasteiger partial charge in [0.2, 0.25) is 0 Å². The molecule has 1 aliphatic rings. The first-order valence-corrected chi connectivity index (χ1v) is 7.77. The summed E-state index contributed by atoms with van der Waals surface area (Å²) in [5.74, 6) is 2.59. The van der Waals surface area contributed by atoms with E-state index in [1.54, 1.807) is 12.6 Å². The summed E-state index contributed by atoms with van der Waals surface area (Å²) in [5.41, 5.74) is 2.60. The van der Waals surface area contributed by atoms with E-state index in [1.165, 1.54) is 11.3 Å². The maximum atomic E-state index is 5.33. The topological polar surface area (TPSA) is 54.2 Å². The van der Waals surface area contributed by atoms with Crippen LogP contribution in [0.3, 0.4) is 0 Å². The first-order valence-electron chi connectivity index (χ1n) is 7.77. The van der Waals surface area contributed by atoms with E-state index in [2.05, 4.69) is 51.4 Å². The summed E-state index contributed by atoms with van der Waals surface area (Å²) in [6.07, 6.45) is 4.31. The Morgan fingerprint density at radius 1 is 1.22 bits per heavy atom. The molecule has 3 heterocycles. The Kier molecular flexibility index (Phi) is 3.46. The number of aromatic nitrogens is 2. The predicted octanol–water partition coefficient (Wildman–Crippen LogP) is 3.76. The van der Waals surface area contributed by atoms with Crippen molar-refractivity contribution in [2.24, 2.45) is 0 Å². The minimum atomic E-state index is 0.389. The Labute approximate surface area is 135 Å². The second kappa shape index (κ2) is 5.76. The molecule has 1 aromatic carbocycles. The molecule has 1 atom stereocenters. The van der Waals surface area contributed by atoms with Crippen molar-refractivity contribution in [3.63, 3.8) is 0 Å². The average Bonchev–Trinajstić information content (AvgIpc) is 3.19. The van der Waals surface area contributed by atoms with Crippen molar-refractivity contribution in [2.75, 3.05) is 10.2 Å². The van der Waals surface area contributed by atoms with Crippen molar-refractivity contribution in [3.8, 4) is 0 Å². The van der Waals surface area contributed by atoms with Gasteiger partial charge in [-0.2, -0.15) is 0 Å². The van der Waals surface area contributed by atoms with Crippen LogP contribution < -0.4 is 10.2 Å². The van der Waals surface area contributed by atoms with Crippen LogP contribution in [0, 0.1) is 0 Å². The van der Waals surface area contributed by atoms with Crippen LogP contribution in [0.2, 0.25) is 0 Å². The second-order valence-corrected chi connectivity index (χ2v) is 5.75. The highest BCUT2D eigenvalue weighted by Gasteiger charge is 2.27. The number of nitrogens with one attached hydrogen (secondary N) is 1. The highest BCUT2D eigenvalue weighted by Crippen LogP contribution is 2.37. The Bertz CT molecular complexity index is 800. The fourth-order valence-corrected chi connectivity index (χ4v) is 3.08. The van der Waals surface area contributed by atoms with Crippen molar-refractivity contribution in [3.05, 3.63) is 66.4 Å². The summed E-state index contributed by atoms with van der Waals surface area (Å²) in [7, 11) is 0. The predicted molar refractivity (Wildman–Crippen MR) is 89.8 cm³/mol. The van der Waals surface area contributed by atoms with E-state index in [9.17, 15) is 0 Å². The van der Waals surface area contributed by atoms with Gasteiger partial charge in [0.1, 0.15) is 23.7 Å². The van der Waals surface area contributed by atoms with Crippen LogP contribution >= 0.6 is 0 Å². The molecular weight excluding hydrogens is 288 g/mol. The van der Waals surface area contributed by atoms with Gasteiger partial charge < -0.3 is 14.6 Å². The van der Waals surface area contributed by atoms with E-state index in [0.29, 0.717) is 12.6 Å². The number of furan rings is 1. The molecule has 5 nitrogen and oxygen atoms in total. The zero-order chi connectivity index (χ0) is 15.6. The lowest BCUT2D eigenvalue weighted by Gasteiger charge is -2.24. The SMILES string of the molecule is CC1Cc2ccccc2N1c1cc(NCc2ccco2)ncn1. The third kappa shape index (κ3) is 2.65. The van der Waals surface area contributed by atoms with Crippen LogP contribution in [0.25, 0.3) is 0 Å². The number of benzene rings is 1. The third-order valence-electron chi connectivity index (χ3n) is 4.13. The molecule has 2 aromatic heterocycles. The summed E-state index contributed by atoms with van der Waals surface area (Å²) >= 11 is 0. The molecule has 0 amide bonds. The van der Waals surface area contributed by atoms with E-state index in [1.807, 2.05) is 18.2 Å². The smallest absolute Gasteiger partial charge is 0.138 e. The quantitative estimate of drug-likeness (QED) is 0.795. The zero-order valence-electron chi connectivity index (χ0n) is 12.9. The number of hydrogen-bond acceptors (Lipinski definition) is 5. The van der Waals surface area contributed by atoms with E-state index in [-0.39, 0.29) is 0 Å². The summed E-state index contributed by atoms with van der Waals surface area (Å²) in [4.78, 5) is 11.0. The van der Waals surface area contributed by atoms with Crippen molar-refractivity contribution < 1.29 is 4.42 Å². The normalized spacial score (nSPS) is 16.4. The minimum absolute atomic E-state index is 0.389. The Hall–Kier alpha value is -2.82. The van der Waals surface area contributed by atoms with Crippen molar-refractivity contribution in [2.45, 2.75) is 25.9 Å². The molecule has 1 unspecified atom stereocenters. The van der Waals surface area contributed by atoms with Gasteiger partial charge in [0.15, 0.2) is 0 Å². The largest absolute Gasteiger partial charge is 0.467 e. The lowest BCUT2D eigenvalue weighted by molar-refractivity contribution is 0.518. The Balaban J connectivity index is 1.59. The van der Waals surface area contributed by atoms with Gasteiger partial charge in [-0.05, 0) is 37.1 Å². The van der Waals surface area contributed by atoms with E-state index >= 15 is 0 Å². The fourth-order valence-electron chi connectivity index (χ4n) is 3.08. The van der Waals surface area contributed by atoms with Gasteiger partial charge >= 0.3 is 0 Å². The first-order chi connectivity index (χ1) is 11.3. The lowest BCUT2D eigenvalue weighted by atomic mass is 10.1.